The quantitative estimate of drug-likeness (QED) is 0.180. The summed E-state index contributed by atoms with van der Waals surface area (Å²) in [5.74, 6) is 0.898. The lowest BCUT2D eigenvalue weighted by molar-refractivity contribution is 1.09. The first-order chi connectivity index (χ1) is 24.3. The highest BCUT2D eigenvalue weighted by atomic mass is 15.3. The van der Waals surface area contributed by atoms with Crippen LogP contribution in [0.25, 0.3) is 93.7 Å². The average Bonchev–Trinajstić information content (AvgIpc) is 3.81. The highest BCUT2D eigenvalue weighted by Crippen LogP contribution is 2.40. The minimum absolute atomic E-state index is 0.898. The van der Waals surface area contributed by atoms with Crippen LogP contribution < -0.4 is 0 Å². The van der Waals surface area contributed by atoms with Crippen LogP contribution in [0.1, 0.15) is 0 Å². The molecule has 0 atom stereocenters. The fraction of sp³-hybridized carbons (Fsp3) is 0. The zero-order chi connectivity index (χ0) is 32.1. The van der Waals surface area contributed by atoms with E-state index >= 15 is 0 Å². The molecule has 0 aliphatic heterocycles. The van der Waals surface area contributed by atoms with Gasteiger partial charge in [-0.3, -0.25) is 13.5 Å². The largest absolute Gasteiger partial charge is 0.294 e. The number of hydrogen-bond acceptors (Lipinski definition) is 1. The summed E-state index contributed by atoms with van der Waals surface area (Å²) in [6.45, 7) is 0. The van der Waals surface area contributed by atoms with Crippen molar-refractivity contribution in [3.63, 3.8) is 0 Å². The molecule has 11 aromatic rings. The van der Waals surface area contributed by atoms with Crippen LogP contribution >= 0.6 is 0 Å². The van der Waals surface area contributed by atoms with Crippen LogP contribution in [-0.2, 0) is 0 Å². The first kappa shape index (κ1) is 26.4. The van der Waals surface area contributed by atoms with E-state index in [4.69, 9.17) is 4.98 Å². The van der Waals surface area contributed by atoms with Gasteiger partial charge in [-0.2, -0.15) is 0 Å². The van der Waals surface area contributed by atoms with Crippen LogP contribution in [0.15, 0.2) is 170 Å². The second-order valence-electron chi connectivity index (χ2n) is 12.8. The smallest absolute Gasteiger partial charge is 0.221 e. The predicted octanol–water partition coefficient (Wildman–Crippen LogP) is 11.5. The third-order valence-electron chi connectivity index (χ3n) is 10.2. The van der Waals surface area contributed by atoms with Crippen LogP contribution in [0, 0.1) is 0 Å². The Kier molecular flexibility index (Phi) is 5.35. The van der Waals surface area contributed by atoms with E-state index in [1.807, 2.05) is 0 Å². The highest BCUT2D eigenvalue weighted by molar-refractivity contribution is 6.25. The van der Waals surface area contributed by atoms with Gasteiger partial charge in [0.15, 0.2) is 5.65 Å². The molecule has 4 nitrogen and oxygen atoms in total. The normalized spacial score (nSPS) is 12.1. The predicted molar refractivity (Wildman–Crippen MR) is 204 cm³/mol. The third kappa shape index (κ3) is 3.66. The lowest BCUT2D eigenvalue weighted by Crippen LogP contribution is -1.97. The SMILES string of the molecule is c1ccc(-n2c3ccccc3c3c2n2c4ccccc4nc2n3-c2cccc(-c3ccc4c5ccccc5c5ccccc5c4c3)c2)cc1. The van der Waals surface area contributed by atoms with Gasteiger partial charge in [0.2, 0.25) is 5.78 Å². The third-order valence-corrected chi connectivity index (χ3v) is 10.2. The second-order valence-corrected chi connectivity index (χ2v) is 12.8. The van der Waals surface area contributed by atoms with E-state index in [0.717, 1.165) is 44.9 Å². The molecule has 49 heavy (non-hydrogen) atoms. The molecule has 0 saturated heterocycles. The standard InChI is InChI=1S/C45H28N4/c1-2-14-31(15-3-1)47-41-23-10-8-21-38(41)43-44(47)49-42-24-11-9-22-40(42)46-45(49)48(43)32-16-12-13-29(27-32)30-25-26-37-35-19-5-4-17-33(35)34-18-6-7-20-36(34)39(37)28-30/h1-28H. The van der Waals surface area contributed by atoms with E-state index in [2.05, 4.69) is 183 Å². The molecule has 0 amide bonds. The summed E-state index contributed by atoms with van der Waals surface area (Å²) in [5, 5.41) is 8.88. The van der Waals surface area contributed by atoms with Gasteiger partial charge < -0.3 is 0 Å². The number of fused-ring (bicyclic) bond motifs is 13. The molecule has 228 valence electrons. The maximum atomic E-state index is 5.26. The number of imidazole rings is 2. The van der Waals surface area contributed by atoms with Gasteiger partial charge in [-0.1, -0.05) is 121 Å². The van der Waals surface area contributed by atoms with Crippen molar-refractivity contribution in [1.29, 1.82) is 0 Å². The van der Waals surface area contributed by atoms with Crippen LogP contribution in [0.3, 0.4) is 0 Å². The van der Waals surface area contributed by atoms with Crippen molar-refractivity contribution in [2.75, 3.05) is 0 Å². The highest BCUT2D eigenvalue weighted by Gasteiger charge is 2.25. The molecule has 8 aromatic carbocycles. The maximum Gasteiger partial charge on any atom is 0.221 e. The molecule has 0 fully saturated rings. The van der Waals surface area contributed by atoms with E-state index in [0.29, 0.717) is 0 Å². The molecule has 0 saturated carbocycles. The van der Waals surface area contributed by atoms with Crippen LogP contribution in [0.4, 0.5) is 0 Å². The van der Waals surface area contributed by atoms with Gasteiger partial charge in [-0.15, -0.1) is 0 Å². The van der Waals surface area contributed by atoms with Crippen molar-refractivity contribution in [3.05, 3.63) is 170 Å². The average molecular weight is 625 g/mol. The molecule has 0 radical (unpaired) electrons. The van der Waals surface area contributed by atoms with Crippen molar-refractivity contribution in [3.8, 4) is 22.5 Å². The Morgan fingerprint density at radius 1 is 0.367 bits per heavy atom. The van der Waals surface area contributed by atoms with Crippen LogP contribution in [0.2, 0.25) is 0 Å². The molecule has 0 spiro atoms. The van der Waals surface area contributed by atoms with Crippen molar-refractivity contribution in [2.45, 2.75) is 0 Å². The summed E-state index contributed by atoms with van der Waals surface area (Å²) in [6, 6.07) is 61.2. The summed E-state index contributed by atoms with van der Waals surface area (Å²) in [6.07, 6.45) is 0. The van der Waals surface area contributed by atoms with Crippen molar-refractivity contribution in [2.24, 2.45) is 0 Å². The monoisotopic (exact) mass is 624 g/mol. The van der Waals surface area contributed by atoms with Gasteiger partial charge in [0.05, 0.1) is 16.6 Å². The van der Waals surface area contributed by atoms with Crippen molar-refractivity contribution < 1.29 is 0 Å². The zero-order valence-corrected chi connectivity index (χ0v) is 26.5. The molecule has 0 aliphatic rings. The Bertz CT molecular complexity index is 3070. The Hall–Kier alpha value is -6.65. The summed E-state index contributed by atoms with van der Waals surface area (Å²) < 4.78 is 7.06. The Morgan fingerprint density at radius 3 is 1.69 bits per heavy atom. The molecule has 4 heteroatoms. The van der Waals surface area contributed by atoms with E-state index < -0.39 is 0 Å². The molecule has 0 unspecified atom stereocenters. The lowest BCUT2D eigenvalue weighted by Gasteiger charge is -2.13. The van der Waals surface area contributed by atoms with Crippen LogP contribution in [-0.4, -0.2) is 18.5 Å². The van der Waals surface area contributed by atoms with Gasteiger partial charge >= 0.3 is 0 Å². The van der Waals surface area contributed by atoms with Gasteiger partial charge in [0, 0.05) is 16.8 Å². The molecule has 11 rings (SSSR count). The Labute approximate surface area is 281 Å². The van der Waals surface area contributed by atoms with Gasteiger partial charge in [-0.05, 0) is 92.0 Å². The van der Waals surface area contributed by atoms with Gasteiger partial charge in [0.25, 0.3) is 0 Å². The minimum atomic E-state index is 0.898. The second kappa shape index (κ2) is 9.93. The number of hydrogen-bond donors (Lipinski definition) is 0. The molecule has 3 heterocycles. The minimum Gasteiger partial charge on any atom is -0.294 e. The molecular weight excluding hydrogens is 597 g/mol. The number of para-hydroxylation sites is 4. The Balaban J connectivity index is 1.21. The van der Waals surface area contributed by atoms with Gasteiger partial charge in [0.1, 0.15) is 5.52 Å². The Morgan fingerprint density at radius 2 is 0.939 bits per heavy atom. The van der Waals surface area contributed by atoms with E-state index in [9.17, 15) is 0 Å². The summed E-state index contributed by atoms with van der Waals surface area (Å²) >= 11 is 0. The van der Waals surface area contributed by atoms with Crippen molar-refractivity contribution in [1.82, 2.24) is 18.5 Å². The lowest BCUT2D eigenvalue weighted by atomic mass is 9.92. The molecule has 0 N–H and O–H groups in total. The molecule has 0 aliphatic carbocycles. The number of aromatic nitrogens is 4. The van der Waals surface area contributed by atoms with E-state index in [-0.39, 0.29) is 0 Å². The van der Waals surface area contributed by atoms with E-state index in [1.54, 1.807) is 0 Å². The van der Waals surface area contributed by atoms with Gasteiger partial charge in [-0.25, -0.2) is 4.98 Å². The van der Waals surface area contributed by atoms with E-state index in [1.165, 1.54) is 48.8 Å². The summed E-state index contributed by atoms with van der Waals surface area (Å²) in [4.78, 5) is 5.26. The molecule has 0 bridgehead atoms. The topological polar surface area (TPSA) is 27.2 Å². The first-order valence-corrected chi connectivity index (χ1v) is 16.7. The summed E-state index contributed by atoms with van der Waals surface area (Å²) in [7, 11) is 0. The number of rotatable bonds is 3. The maximum absolute atomic E-state index is 5.26. The number of nitrogens with zero attached hydrogens (tertiary/aromatic N) is 4. The zero-order valence-electron chi connectivity index (χ0n) is 26.5. The van der Waals surface area contributed by atoms with Crippen molar-refractivity contribution >= 4 is 71.2 Å². The molecular formula is C45H28N4. The van der Waals surface area contributed by atoms with Crippen LogP contribution in [0.5, 0.6) is 0 Å². The summed E-state index contributed by atoms with van der Waals surface area (Å²) in [5.41, 5.74) is 10.0. The number of benzene rings is 8. The first-order valence-electron chi connectivity index (χ1n) is 16.7. The fourth-order valence-electron chi connectivity index (χ4n) is 8.10. The fourth-order valence-corrected chi connectivity index (χ4v) is 8.10. The molecule has 3 aromatic heterocycles.